The van der Waals surface area contributed by atoms with E-state index in [9.17, 15) is 8.42 Å². The average molecular weight is 344 g/mol. The lowest BCUT2D eigenvalue weighted by molar-refractivity contribution is 0.390. The summed E-state index contributed by atoms with van der Waals surface area (Å²) in [7, 11) is -3.68. The lowest BCUT2D eigenvalue weighted by atomic mass is 10.2. The number of aromatic nitrogens is 1. The molecule has 120 valence electrons. The fraction of sp³-hybridized carbons (Fsp3) is 0.357. The Kier molecular flexibility index (Phi) is 4.79. The minimum atomic E-state index is -3.68. The molecule has 0 fully saturated rings. The molecule has 2 heterocycles. The summed E-state index contributed by atoms with van der Waals surface area (Å²) < 4.78 is 32.5. The predicted octanol–water partition coefficient (Wildman–Crippen LogP) is 2.01. The van der Waals surface area contributed by atoms with E-state index < -0.39 is 10.0 Å². The van der Waals surface area contributed by atoms with Crippen molar-refractivity contribution in [2.45, 2.75) is 25.3 Å². The Morgan fingerprint density at radius 3 is 2.68 bits per heavy atom. The lowest BCUT2D eigenvalue weighted by Gasteiger charge is -2.23. The van der Waals surface area contributed by atoms with E-state index in [1.165, 1.54) is 4.31 Å². The standard InChI is InChI=1S/C14H17N3O3S.ClH/c1-10-14(11(2)20-16-10)21(18,19)17-8-7-15-9-12-5-3-4-6-13(12)17;/h3-6,15H,7-9H2,1-2H3;1H. The molecule has 1 aromatic heterocycles. The van der Waals surface area contributed by atoms with Crippen LogP contribution in [0.2, 0.25) is 0 Å². The van der Waals surface area contributed by atoms with Gasteiger partial charge in [-0.25, -0.2) is 8.42 Å². The number of aryl methyl sites for hydroxylation is 2. The number of hydrogen-bond donors (Lipinski definition) is 1. The summed E-state index contributed by atoms with van der Waals surface area (Å²) in [5.41, 5.74) is 2.06. The third-order valence-corrected chi connectivity index (χ3v) is 5.64. The van der Waals surface area contributed by atoms with Gasteiger partial charge in [0.2, 0.25) is 0 Å². The Balaban J connectivity index is 0.00000176. The summed E-state index contributed by atoms with van der Waals surface area (Å²) >= 11 is 0. The maximum atomic E-state index is 13.0. The molecule has 0 saturated heterocycles. The van der Waals surface area contributed by atoms with Crippen LogP contribution in [0.1, 0.15) is 17.0 Å². The van der Waals surface area contributed by atoms with Crippen molar-refractivity contribution in [2.24, 2.45) is 0 Å². The summed E-state index contributed by atoms with van der Waals surface area (Å²) in [5.74, 6) is 0.321. The second kappa shape index (κ2) is 6.28. The zero-order chi connectivity index (χ0) is 15.0. The monoisotopic (exact) mass is 343 g/mol. The first kappa shape index (κ1) is 16.8. The topological polar surface area (TPSA) is 75.4 Å². The summed E-state index contributed by atoms with van der Waals surface area (Å²) in [5, 5.41) is 7.00. The van der Waals surface area contributed by atoms with Crippen molar-refractivity contribution >= 4 is 28.1 Å². The Hall–Kier alpha value is -1.57. The van der Waals surface area contributed by atoms with Gasteiger partial charge in [-0.2, -0.15) is 0 Å². The van der Waals surface area contributed by atoms with E-state index in [1.807, 2.05) is 24.3 Å². The first-order chi connectivity index (χ1) is 10.0. The Labute approximate surface area is 135 Å². The van der Waals surface area contributed by atoms with Crippen LogP contribution >= 0.6 is 12.4 Å². The molecule has 0 saturated carbocycles. The highest BCUT2D eigenvalue weighted by molar-refractivity contribution is 7.93. The molecule has 0 aliphatic carbocycles. The molecule has 1 N–H and O–H groups in total. The van der Waals surface area contributed by atoms with Gasteiger partial charge in [0.1, 0.15) is 5.69 Å². The first-order valence-corrected chi connectivity index (χ1v) is 8.20. The van der Waals surface area contributed by atoms with Crippen LogP contribution < -0.4 is 9.62 Å². The van der Waals surface area contributed by atoms with E-state index in [1.54, 1.807) is 13.8 Å². The molecule has 1 aliphatic rings. The van der Waals surface area contributed by atoms with Crippen LogP contribution in [0, 0.1) is 13.8 Å². The normalized spacial score (nSPS) is 14.9. The molecule has 0 radical (unpaired) electrons. The SMILES string of the molecule is Cc1noc(C)c1S(=O)(=O)N1CCNCc2ccccc21.Cl. The van der Waals surface area contributed by atoms with Crippen molar-refractivity contribution in [2.75, 3.05) is 17.4 Å². The number of benzene rings is 1. The van der Waals surface area contributed by atoms with E-state index in [0.29, 0.717) is 36.8 Å². The van der Waals surface area contributed by atoms with Crippen LogP contribution in [0.15, 0.2) is 33.7 Å². The maximum absolute atomic E-state index is 13.0. The van der Waals surface area contributed by atoms with Gasteiger partial charge in [-0.1, -0.05) is 23.4 Å². The quantitative estimate of drug-likeness (QED) is 0.902. The van der Waals surface area contributed by atoms with Crippen LogP contribution in [0.3, 0.4) is 0 Å². The fourth-order valence-corrected chi connectivity index (χ4v) is 4.43. The largest absolute Gasteiger partial charge is 0.360 e. The summed E-state index contributed by atoms with van der Waals surface area (Å²) in [6.45, 7) is 4.89. The molecule has 1 aliphatic heterocycles. The molecule has 0 bridgehead atoms. The minimum absolute atomic E-state index is 0. The summed E-state index contributed by atoms with van der Waals surface area (Å²) in [6.07, 6.45) is 0. The molecule has 0 spiro atoms. The van der Waals surface area contributed by atoms with Crippen molar-refractivity contribution in [1.29, 1.82) is 0 Å². The van der Waals surface area contributed by atoms with Crippen molar-refractivity contribution in [3.05, 3.63) is 41.3 Å². The molecule has 22 heavy (non-hydrogen) atoms. The highest BCUT2D eigenvalue weighted by Crippen LogP contribution is 2.30. The number of fused-ring (bicyclic) bond motifs is 1. The number of halogens is 1. The van der Waals surface area contributed by atoms with E-state index in [-0.39, 0.29) is 17.3 Å². The van der Waals surface area contributed by atoms with Crippen molar-refractivity contribution in [3.63, 3.8) is 0 Å². The zero-order valence-corrected chi connectivity index (χ0v) is 14.0. The van der Waals surface area contributed by atoms with E-state index >= 15 is 0 Å². The Bertz CT molecular complexity index is 754. The van der Waals surface area contributed by atoms with Crippen LogP contribution in [0.4, 0.5) is 5.69 Å². The molecule has 8 heteroatoms. The molecule has 6 nitrogen and oxygen atoms in total. The van der Waals surface area contributed by atoms with Gasteiger partial charge in [0.15, 0.2) is 10.7 Å². The van der Waals surface area contributed by atoms with Gasteiger partial charge in [-0.05, 0) is 25.5 Å². The van der Waals surface area contributed by atoms with Gasteiger partial charge in [0, 0.05) is 19.6 Å². The molecule has 1 aromatic carbocycles. The van der Waals surface area contributed by atoms with Gasteiger partial charge >= 0.3 is 0 Å². The first-order valence-electron chi connectivity index (χ1n) is 6.76. The highest BCUT2D eigenvalue weighted by Gasteiger charge is 2.32. The second-order valence-electron chi connectivity index (χ2n) is 5.04. The molecule has 3 rings (SSSR count). The Morgan fingerprint density at radius 1 is 1.27 bits per heavy atom. The molecular weight excluding hydrogens is 326 g/mol. The van der Waals surface area contributed by atoms with Crippen molar-refractivity contribution in [1.82, 2.24) is 10.5 Å². The number of sulfonamides is 1. The van der Waals surface area contributed by atoms with Crippen LogP contribution in [0.5, 0.6) is 0 Å². The average Bonchev–Trinajstić information content (AvgIpc) is 2.68. The lowest BCUT2D eigenvalue weighted by Crippen LogP contribution is -2.35. The van der Waals surface area contributed by atoms with E-state index in [0.717, 1.165) is 5.56 Å². The van der Waals surface area contributed by atoms with Crippen molar-refractivity contribution < 1.29 is 12.9 Å². The minimum Gasteiger partial charge on any atom is -0.360 e. The van der Waals surface area contributed by atoms with E-state index in [4.69, 9.17) is 4.52 Å². The predicted molar refractivity (Wildman–Crippen MR) is 85.9 cm³/mol. The Morgan fingerprint density at radius 2 is 2.00 bits per heavy atom. The molecule has 2 aromatic rings. The van der Waals surface area contributed by atoms with Gasteiger partial charge in [0.25, 0.3) is 10.0 Å². The molecule has 0 unspecified atom stereocenters. The number of hydrogen-bond acceptors (Lipinski definition) is 5. The van der Waals surface area contributed by atoms with Crippen LogP contribution in [0.25, 0.3) is 0 Å². The summed E-state index contributed by atoms with van der Waals surface area (Å²) in [4.78, 5) is 0.166. The summed E-state index contributed by atoms with van der Waals surface area (Å²) in [6, 6.07) is 7.52. The number of rotatable bonds is 2. The van der Waals surface area contributed by atoms with Gasteiger partial charge < -0.3 is 9.84 Å². The van der Waals surface area contributed by atoms with Crippen molar-refractivity contribution in [3.8, 4) is 0 Å². The van der Waals surface area contributed by atoms with E-state index in [2.05, 4.69) is 10.5 Å². The van der Waals surface area contributed by atoms with Gasteiger partial charge in [-0.3, -0.25) is 4.31 Å². The number of anilines is 1. The number of para-hydroxylation sites is 1. The smallest absolute Gasteiger partial charge is 0.269 e. The van der Waals surface area contributed by atoms with Gasteiger partial charge in [0.05, 0.1) is 5.69 Å². The third-order valence-electron chi connectivity index (χ3n) is 3.58. The number of nitrogens with one attached hydrogen (secondary N) is 1. The zero-order valence-electron chi connectivity index (χ0n) is 12.4. The molecule has 0 amide bonds. The third kappa shape index (κ3) is 2.71. The maximum Gasteiger partial charge on any atom is 0.269 e. The van der Waals surface area contributed by atoms with Gasteiger partial charge in [-0.15, -0.1) is 12.4 Å². The highest BCUT2D eigenvalue weighted by atomic mass is 35.5. The molecule has 0 atom stereocenters. The fourth-order valence-electron chi connectivity index (χ4n) is 2.63. The number of nitrogens with zero attached hydrogens (tertiary/aromatic N) is 2. The second-order valence-corrected chi connectivity index (χ2v) is 6.84. The van der Waals surface area contributed by atoms with Crippen LogP contribution in [-0.2, 0) is 16.6 Å². The molecular formula is C14H18ClN3O3S. The van der Waals surface area contributed by atoms with Crippen LogP contribution in [-0.4, -0.2) is 26.7 Å².